The Hall–Kier alpha value is -2.34. The van der Waals surface area contributed by atoms with E-state index in [2.05, 4.69) is 21.2 Å². The largest absolute Gasteiger partial charge is 0.492 e. The molecule has 0 radical (unpaired) electrons. The van der Waals surface area contributed by atoms with E-state index in [0.717, 1.165) is 15.8 Å². The van der Waals surface area contributed by atoms with Gasteiger partial charge in [0.05, 0.1) is 16.6 Å². The number of aryl methyl sites for hydroxylation is 1. The summed E-state index contributed by atoms with van der Waals surface area (Å²) >= 11 is 3.44. The molecule has 0 aromatic heterocycles. The van der Waals surface area contributed by atoms with Crippen LogP contribution in [0.15, 0.2) is 46.9 Å². The number of halogens is 1. The summed E-state index contributed by atoms with van der Waals surface area (Å²) < 4.78 is 6.54. The first-order chi connectivity index (χ1) is 11.5. The molecule has 2 N–H and O–H groups in total. The highest BCUT2D eigenvalue weighted by molar-refractivity contribution is 9.10. The number of hydrogen-bond donors (Lipinski definition) is 2. The van der Waals surface area contributed by atoms with Crippen LogP contribution in [0.1, 0.15) is 28.8 Å². The van der Waals surface area contributed by atoms with Crippen molar-refractivity contribution in [2.75, 3.05) is 11.9 Å². The van der Waals surface area contributed by atoms with Crippen molar-refractivity contribution >= 4 is 33.5 Å². The Kier molecular flexibility index (Phi) is 6.37. The molecule has 2 aromatic rings. The summed E-state index contributed by atoms with van der Waals surface area (Å²) in [5.74, 6) is -0.373. The summed E-state index contributed by atoms with van der Waals surface area (Å²) in [7, 11) is 0. The Labute approximate surface area is 148 Å². The number of anilines is 1. The topological polar surface area (TPSA) is 75.6 Å². The fraction of sp³-hybridized carbons (Fsp3) is 0.222. The Bertz CT molecular complexity index is 728. The number of carbonyl (C=O) groups is 2. The number of rotatable bonds is 7. The lowest BCUT2D eigenvalue weighted by Gasteiger charge is -2.09. The van der Waals surface area contributed by atoms with Gasteiger partial charge in [-0.2, -0.15) is 0 Å². The molecule has 0 spiro atoms. The van der Waals surface area contributed by atoms with E-state index in [1.807, 2.05) is 25.1 Å². The number of ether oxygens (including phenoxy) is 1. The minimum atomic E-state index is -0.993. The minimum absolute atomic E-state index is 0.135. The Morgan fingerprint density at radius 2 is 1.88 bits per heavy atom. The Morgan fingerprint density at radius 3 is 2.50 bits per heavy atom. The van der Waals surface area contributed by atoms with Gasteiger partial charge in [-0.1, -0.05) is 6.07 Å². The molecule has 24 heavy (non-hydrogen) atoms. The van der Waals surface area contributed by atoms with Gasteiger partial charge in [-0.3, -0.25) is 4.79 Å². The van der Waals surface area contributed by atoms with Gasteiger partial charge in [0.1, 0.15) is 5.75 Å². The second-order valence-electron chi connectivity index (χ2n) is 5.32. The fourth-order valence-corrected chi connectivity index (χ4v) is 2.67. The van der Waals surface area contributed by atoms with Crippen LogP contribution in [0, 0.1) is 6.92 Å². The van der Waals surface area contributed by atoms with E-state index in [9.17, 15) is 9.59 Å². The number of benzene rings is 2. The molecule has 0 atom stereocenters. The van der Waals surface area contributed by atoms with Crippen molar-refractivity contribution < 1.29 is 19.4 Å². The molecule has 5 nitrogen and oxygen atoms in total. The highest BCUT2D eigenvalue weighted by Crippen LogP contribution is 2.25. The van der Waals surface area contributed by atoms with Crippen molar-refractivity contribution in [3.63, 3.8) is 0 Å². The molecular formula is C18H18BrNO4. The first-order valence-corrected chi connectivity index (χ1v) is 8.27. The molecule has 0 unspecified atom stereocenters. The van der Waals surface area contributed by atoms with Gasteiger partial charge in [0.25, 0.3) is 0 Å². The van der Waals surface area contributed by atoms with Gasteiger partial charge in [-0.15, -0.1) is 0 Å². The Morgan fingerprint density at radius 1 is 1.17 bits per heavy atom. The molecule has 126 valence electrons. The van der Waals surface area contributed by atoms with Crippen LogP contribution < -0.4 is 10.1 Å². The SMILES string of the molecule is Cc1ccc(OCCCC(=O)Nc2ccc(C(=O)O)cc2)c(Br)c1. The third-order valence-electron chi connectivity index (χ3n) is 3.31. The van der Waals surface area contributed by atoms with Gasteiger partial charge in [0, 0.05) is 12.1 Å². The molecule has 0 aliphatic heterocycles. The predicted octanol–water partition coefficient (Wildman–Crippen LogP) is 4.25. The third-order valence-corrected chi connectivity index (χ3v) is 3.93. The number of carboxylic acids is 1. The summed E-state index contributed by atoms with van der Waals surface area (Å²) in [4.78, 5) is 22.6. The van der Waals surface area contributed by atoms with Gasteiger partial charge < -0.3 is 15.2 Å². The van der Waals surface area contributed by atoms with Crippen molar-refractivity contribution in [3.05, 3.63) is 58.1 Å². The van der Waals surface area contributed by atoms with E-state index in [0.29, 0.717) is 25.1 Å². The van der Waals surface area contributed by atoms with Crippen LogP contribution in [0.4, 0.5) is 5.69 Å². The molecule has 0 heterocycles. The van der Waals surface area contributed by atoms with E-state index in [4.69, 9.17) is 9.84 Å². The smallest absolute Gasteiger partial charge is 0.335 e. The second-order valence-corrected chi connectivity index (χ2v) is 6.17. The lowest BCUT2D eigenvalue weighted by atomic mass is 10.2. The summed E-state index contributed by atoms with van der Waals surface area (Å²) in [5.41, 5.74) is 1.90. The Balaban J connectivity index is 1.74. The molecule has 1 amide bonds. The van der Waals surface area contributed by atoms with E-state index in [1.165, 1.54) is 12.1 Å². The zero-order valence-electron chi connectivity index (χ0n) is 13.2. The summed E-state index contributed by atoms with van der Waals surface area (Å²) in [6.07, 6.45) is 0.906. The van der Waals surface area contributed by atoms with Crippen molar-refractivity contribution in [2.24, 2.45) is 0 Å². The maximum atomic E-state index is 11.9. The van der Waals surface area contributed by atoms with Gasteiger partial charge in [-0.05, 0) is 71.2 Å². The summed E-state index contributed by atoms with van der Waals surface area (Å²) in [6.45, 7) is 2.44. The van der Waals surface area contributed by atoms with E-state index in [-0.39, 0.29) is 11.5 Å². The van der Waals surface area contributed by atoms with E-state index in [1.54, 1.807) is 12.1 Å². The monoisotopic (exact) mass is 391 g/mol. The molecule has 2 rings (SSSR count). The first-order valence-electron chi connectivity index (χ1n) is 7.48. The standard InChI is InChI=1S/C18H18BrNO4/c1-12-4-9-16(15(19)11-12)24-10-2-3-17(21)20-14-7-5-13(6-8-14)18(22)23/h4-9,11H,2-3,10H2,1H3,(H,20,21)(H,22,23). The van der Waals surface area contributed by atoms with E-state index >= 15 is 0 Å². The number of amides is 1. The van der Waals surface area contributed by atoms with E-state index < -0.39 is 5.97 Å². The second kappa shape index (κ2) is 8.49. The molecular weight excluding hydrogens is 374 g/mol. The van der Waals surface area contributed by atoms with Crippen molar-refractivity contribution in [1.29, 1.82) is 0 Å². The highest BCUT2D eigenvalue weighted by Gasteiger charge is 2.06. The van der Waals surface area contributed by atoms with Gasteiger partial charge in [0.2, 0.25) is 5.91 Å². The minimum Gasteiger partial charge on any atom is -0.492 e. The summed E-state index contributed by atoms with van der Waals surface area (Å²) in [6, 6.07) is 11.9. The zero-order valence-corrected chi connectivity index (χ0v) is 14.8. The zero-order chi connectivity index (χ0) is 17.5. The number of carboxylic acid groups (broad SMARTS) is 1. The molecule has 6 heteroatoms. The highest BCUT2D eigenvalue weighted by atomic mass is 79.9. The number of aromatic carboxylic acids is 1. The molecule has 0 aliphatic carbocycles. The number of nitrogens with one attached hydrogen (secondary N) is 1. The quantitative estimate of drug-likeness (QED) is 0.691. The third kappa shape index (κ3) is 5.38. The van der Waals surface area contributed by atoms with Crippen LogP contribution >= 0.6 is 15.9 Å². The molecule has 0 aliphatic rings. The van der Waals surface area contributed by atoms with Crippen LogP contribution in [-0.2, 0) is 4.79 Å². The normalized spacial score (nSPS) is 10.2. The lowest BCUT2D eigenvalue weighted by molar-refractivity contribution is -0.116. The summed E-state index contributed by atoms with van der Waals surface area (Å²) in [5, 5.41) is 11.6. The van der Waals surface area contributed by atoms with Gasteiger partial charge in [-0.25, -0.2) is 4.79 Å². The number of hydrogen-bond acceptors (Lipinski definition) is 3. The maximum absolute atomic E-state index is 11.9. The number of carbonyl (C=O) groups excluding carboxylic acids is 1. The predicted molar refractivity (Wildman–Crippen MR) is 95.6 cm³/mol. The van der Waals surface area contributed by atoms with Crippen LogP contribution in [-0.4, -0.2) is 23.6 Å². The average molecular weight is 392 g/mol. The van der Waals surface area contributed by atoms with Crippen molar-refractivity contribution in [2.45, 2.75) is 19.8 Å². The van der Waals surface area contributed by atoms with Gasteiger partial charge >= 0.3 is 5.97 Å². The van der Waals surface area contributed by atoms with Gasteiger partial charge in [0.15, 0.2) is 0 Å². The van der Waals surface area contributed by atoms with Crippen LogP contribution in [0.3, 0.4) is 0 Å². The lowest BCUT2D eigenvalue weighted by Crippen LogP contribution is -2.13. The average Bonchev–Trinajstić information content (AvgIpc) is 2.53. The molecule has 0 saturated heterocycles. The molecule has 0 bridgehead atoms. The van der Waals surface area contributed by atoms with Crippen LogP contribution in [0.5, 0.6) is 5.75 Å². The first kappa shape index (κ1) is 18.0. The fourth-order valence-electron chi connectivity index (χ4n) is 2.06. The van der Waals surface area contributed by atoms with Crippen LogP contribution in [0.2, 0.25) is 0 Å². The molecule has 0 saturated carbocycles. The maximum Gasteiger partial charge on any atom is 0.335 e. The van der Waals surface area contributed by atoms with Crippen molar-refractivity contribution in [3.8, 4) is 5.75 Å². The molecule has 2 aromatic carbocycles. The van der Waals surface area contributed by atoms with Crippen molar-refractivity contribution in [1.82, 2.24) is 0 Å². The molecule has 0 fully saturated rings. The van der Waals surface area contributed by atoms with Crippen LogP contribution in [0.25, 0.3) is 0 Å².